The molecule has 1 saturated carbocycles. The number of rotatable bonds is 7. The first-order valence-corrected chi connectivity index (χ1v) is 12.6. The fourth-order valence-electron chi connectivity index (χ4n) is 5.74. The molecule has 1 aliphatic carbocycles. The van der Waals surface area contributed by atoms with E-state index in [2.05, 4.69) is 80.3 Å². The van der Waals surface area contributed by atoms with E-state index in [1.54, 1.807) is 0 Å². The fourth-order valence-corrected chi connectivity index (χ4v) is 5.74. The maximum atomic E-state index is 14.0. The van der Waals surface area contributed by atoms with Crippen LogP contribution in [0, 0.1) is 17.8 Å². The highest BCUT2D eigenvalue weighted by molar-refractivity contribution is 5.80. The first kappa shape index (κ1) is 23.5. The van der Waals surface area contributed by atoms with Crippen molar-refractivity contribution in [3.63, 3.8) is 0 Å². The Balaban J connectivity index is 1.75. The summed E-state index contributed by atoms with van der Waals surface area (Å²) < 4.78 is 10.9. The Hall–Kier alpha value is -2.62. The minimum Gasteiger partial charge on any atom is -0.459 e. The number of fused-ring (bicyclic) bond motifs is 1. The molecule has 2 aromatic carbocycles. The number of nitrogens with zero attached hydrogens (tertiary/aromatic N) is 2. The van der Waals surface area contributed by atoms with Gasteiger partial charge in [0.2, 0.25) is 6.04 Å². The number of benzene rings is 2. The van der Waals surface area contributed by atoms with Crippen molar-refractivity contribution >= 4 is 17.0 Å². The number of aromatic nitrogens is 2. The monoisotopic (exact) mass is 447 g/mol. The second-order valence-electron chi connectivity index (χ2n) is 10.2. The van der Waals surface area contributed by atoms with Gasteiger partial charge in [-0.3, -0.25) is 0 Å². The van der Waals surface area contributed by atoms with Crippen molar-refractivity contribution in [3.05, 3.63) is 66.0 Å². The number of hydrogen-bond acceptors (Lipinski definition) is 2. The van der Waals surface area contributed by atoms with Gasteiger partial charge in [-0.15, -0.1) is 0 Å². The minimum atomic E-state index is -0.390. The van der Waals surface area contributed by atoms with Crippen LogP contribution in [0.2, 0.25) is 0 Å². The summed E-state index contributed by atoms with van der Waals surface area (Å²) in [5.41, 5.74) is 3.39. The number of hydrogen-bond donors (Lipinski definition) is 0. The fraction of sp³-hybridized carbons (Fsp3) is 0.517. The molecule has 0 spiro atoms. The van der Waals surface area contributed by atoms with Gasteiger partial charge in [0, 0.05) is 12.8 Å². The Bertz CT molecular complexity index is 1090. The van der Waals surface area contributed by atoms with E-state index >= 15 is 0 Å². The average molecular weight is 448 g/mol. The molecule has 1 aromatic heterocycles. The minimum absolute atomic E-state index is 0.000163. The van der Waals surface area contributed by atoms with E-state index in [1.165, 1.54) is 6.42 Å². The van der Waals surface area contributed by atoms with Crippen LogP contribution in [0.3, 0.4) is 0 Å². The van der Waals surface area contributed by atoms with Gasteiger partial charge in [-0.05, 0) is 48.3 Å². The topological polar surface area (TPSA) is 35.1 Å². The number of aryl methyl sites for hydroxylation is 1. The lowest BCUT2D eigenvalue weighted by Gasteiger charge is -2.37. The lowest BCUT2D eigenvalue weighted by molar-refractivity contribution is -0.654. The highest BCUT2D eigenvalue weighted by Gasteiger charge is 2.39. The van der Waals surface area contributed by atoms with Crippen molar-refractivity contribution in [1.29, 1.82) is 0 Å². The Kier molecular flexibility index (Phi) is 7.21. The van der Waals surface area contributed by atoms with Gasteiger partial charge in [0.1, 0.15) is 6.10 Å². The van der Waals surface area contributed by atoms with E-state index in [0.29, 0.717) is 24.2 Å². The lowest BCUT2D eigenvalue weighted by Crippen LogP contribution is -2.39. The van der Waals surface area contributed by atoms with Crippen LogP contribution in [0.1, 0.15) is 64.4 Å². The number of carbonyl (C=O) groups excluding carboxylic acids is 1. The molecule has 0 amide bonds. The number of esters is 1. The third-order valence-electron chi connectivity index (χ3n) is 7.57. The molecule has 4 heteroatoms. The van der Waals surface area contributed by atoms with Crippen LogP contribution in [0.5, 0.6) is 0 Å². The second-order valence-corrected chi connectivity index (χ2v) is 10.2. The summed E-state index contributed by atoms with van der Waals surface area (Å²) in [6, 6.07) is 18.3. The van der Waals surface area contributed by atoms with Gasteiger partial charge < -0.3 is 4.74 Å². The molecule has 1 fully saturated rings. The second kappa shape index (κ2) is 10.1. The Labute approximate surface area is 198 Å². The first-order valence-electron chi connectivity index (χ1n) is 12.6. The predicted molar refractivity (Wildman–Crippen MR) is 133 cm³/mol. The molecule has 0 bridgehead atoms. The molecule has 1 heterocycles. The molecule has 3 aromatic rings. The molecule has 33 heavy (non-hydrogen) atoms. The summed E-state index contributed by atoms with van der Waals surface area (Å²) in [6.07, 6.45) is 4.80. The molecule has 176 valence electrons. The summed E-state index contributed by atoms with van der Waals surface area (Å²) in [5.74, 6) is 2.60. The van der Waals surface area contributed by atoms with Gasteiger partial charge in [0.05, 0.1) is 7.05 Å². The van der Waals surface area contributed by atoms with Crippen molar-refractivity contribution < 1.29 is 14.1 Å². The molecule has 4 rings (SSSR count). The number of ether oxygens (including phenoxy) is 1. The lowest BCUT2D eigenvalue weighted by atomic mass is 9.75. The summed E-state index contributed by atoms with van der Waals surface area (Å²) in [7, 11) is 2.10. The molecule has 0 aliphatic heterocycles. The van der Waals surface area contributed by atoms with Crippen LogP contribution in [0.4, 0.5) is 0 Å². The van der Waals surface area contributed by atoms with Crippen LogP contribution >= 0.6 is 0 Å². The SMILES string of the molecule is CCc1n([C@H](Cc2ccccc2)C(=O)OC2C[C@H](C)CC[C@H]2C(C)C)c2ccccc2[n+]1C. The summed E-state index contributed by atoms with van der Waals surface area (Å²) >= 11 is 0. The van der Waals surface area contributed by atoms with E-state index in [1.807, 2.05) is 18.2 Å². The molecule has 4 nitrogen and oxygen atoms in total. The normalized spacial score (nSPS) is 21.9. The van der Waals surface area contributed by atoms with Crippen LogP contribution in [-0.4, -0.2) is 16.6 Å². The summed E-state index contributed by atoms with van der Waals surface area (Å²) in [5, 5.41) is 0. The zero-order valence-corrected chi connectivity index (χ0v) is 20.8. The zero-order chi connectivity index (χ0) is 23.5. The van der Waals surface area contributed by atoms with Crippen molar-refractivity contribution in [3.8, 4) is 0 Å². The quantitative estimate of drug-likeness (QED) is 0.338. The van der Waals surface area contributed by atoms with Crippen molar-refractivity contribution in [2.24, 2.45) is 24.8 Å². The van der Waals surface area contributed by atoms with Crippen LogP contribution in [0.25, 0.3) is 11.0 Å². The number of para-hydroxylation sites is 2. The smallest absolute Gasteiger partial charge is 0.352 e. The van der Waals surface area contributed by atoms with Gasteiger partial charge in [-0.1, -0.05) is 76.6 Å². The van der Waals surface area contributed by atoms with Crippen LogP contribution < -0.4 is 4.57 Å². The first-order chi connectivity index (χ1) is 15.9. The highest BCUT2D eigenvalue weighted by atomic mass is 16.5. The Morgan fingerprint density at radius 1 is 1.09 bits per heavy atom. The van der Waals surface area contributed by atoms with Gasteiger partial charge in [0.15, 0.2) is 11.0 Å². The third-order valence-corrected chi connectivity index (χ3v) is 7.57. The molecular weight excluding hydrogens is 408 g/mol. The van der Waals surface area contributed by atoms with E-state index in [0.717, 1.165) is 41.7 Å². The molecule has 1 unspecified atom stereocenters. The zero-order valence-electron chi connectivity index (χ0n) is 20.8. The largest absolute Gasteiger partial charge is 0.459 e. The molecule has 0 saturated heterocycles. The highest BCUT2D eigenvalue weighted by Crippen LogP contribution is 2.36. The number of imidazole rings is 1. The van der Waals surface area contributed by atoms with Gasteiger partial charge >= 0.3 is 5.97 Å². The van der Waals surface area contributed by atoms with Crippen LogP contribution in [0.15, 0.2) is 54.6 Å². The molecular formula is C29H39N2O2+. The maximum Gasteiger partial charge on any atom is 0.352 e. The molecule has 0 N–H and O–H groups in total. The van der Waals surface area contributed by atoms with E-state index in [4.69, 9.17) is 4.74 Å². The molecule has 0 radical (unpaired) electrons. The van der Waals surface area contributed by atoms with E-state index in [9.17, 15) is 4.79 Å². The summed E-state index contributed by atoms with van der Waals surface area (Å²) in [6.45, 7) is 8.97. The standard InChI is InChI=1S/C29H39N2O2/c1-6-28-30(5)24-14-10-11-15-25(24)31(28)26(19-22-12-8-7-9-13-22)29(32)33-27-18-21(4)16-17-23(27)20(2)3/h7-15,20-21,23,26-27H,6,16-19H2,1-5H3/q+1/t21-,23+,26-,27?/m1/s1. The molecule has 1 aliphatic rings. The molecule has 4 atom stereocenters. The Morgan fingerprint density at radius 3 is 2.48 bits per heavy atom. The average Bonchev–Trinajstić information content (AvgIpc) is 3.09. The number of carbonyl (C=O) groups is 1. The third kappa shape index (κ3) is 4.85. The van der Waals surface area contributed by atoms with Gasteiger partial charge in [-0.25, -0.2) is 13.9 Å². The van der Waals surface area contributed by atoms with Crippen molar-refractivity contribution in [2.75, 3.05) is 0 Å². The van der Waals surface area contributed by atoms with E-state index in [-0.39, 0.29) is 12.1 Å². The van der Waals surface area contributed by atoms with Crippen LogP contribution in [-0.2, 0) is 29.4 Å². The maximum absolute atomic E-state index is 14.0. The van der Waals surface area contributed by atoms with E-state index < -0.39 is 6.04 Å². The van der Waals surface area contributed by atoms with Crippen molar-refractivity contribution in [2.45, 2.75) is 71.9 Å². The summed E-state index contributed by atoms with van der Waals surface area (Å²) in [4.78, 5) is 14.0. The predicted octanol–water partition coefficient (Wildman–Crippen LogP) is 5.82. The van der Waals surface area contributed by atoms with Crippen molar-refractivity contribution in [1.82, 2.24) is 4.57 Å². The Morgan fingerprint density at radius 2 is 1.79 bits per heavy atom. The van der Waals surface area contributed by atoms with Gasteiger partial charge in [-0.2, -0.15) is 0 Å². The van der Waals surface area contributed by atoms with Gasteiger partial charge in [0.25, 0.3) is 5.82 Å².